The predicted octanol–water partition coefficient (Wildman–Crippen LogP) is 3.49. The Balaban J connectivity index is 1.38. The van der Waals surface area contributed by atoms with Gasteiger partial charge in [-0.3, -0.25) is 15.0 Å². The highest BCUT2D eigenvalue weighted by Crippen LogP contribution is 2.25. The minimum atomic E-state index is -0.293. The molecule has 1 amide bonds. The summed E-state index contributed by atoms with van der Waals surface area (Å²) in [6.07, 6.45) is 0. The molecule has 4 rings (SSSR count). The third-order valence-electron chi connectivity index (χ3n) is 4.11. The predicted molar refractivity (Wildman–Crippen MR) is 104 cm³/mol. The van der Waals surface area contributed by atoms with Crippen molar-refractivity contribution in [2.24, 2.45) is 0 Å². The molecule has 1 N–H and O–H groups in total. The number of nitrogens with one attached hydrogen (secondary N) is 1. The molecule has 0 atom stereocenters. The Morgan fingerprint density at radius 1 is 1.15 bits per heavy atom. The number of anilines is 1. The van der Waals surface area contributed by atoms with Crippen LogP contribution in [-0.2, 0) is 11.3 Å². The van der Waals surface area contributed by atoms with Crippen LogP contribution >= 0.6 is 22.7 Å². The quantitative estimate of drug-likeness (QED) is 0.705. The lowest BCUT2D eigenvalue weighted by molar-refractivity contribution is 0.0341. The molecule has 3 aromatic rings. The number of ether oxygens (including phenoxy) is 1. The van der Waals surface area contributed by atoms with Gasteiger partial charge in [0.1, 0.15) is 16.5 Å². The van der Waals surface area contributed by atoms with Crippen molar-refractivity contribution in [1.82, 2.24) is 14.9 Å². The molecule has 1 aromatic carbocycles. The van der Waals surface area contributed by atoms with Crippen LogP contribution < -0.4 is 5.32 Å². The lowest BCUT2D eigenvalue weighted by Gasteiger charge is -2.25. The van der Waals surface area contributed by atoms with Gasteiger partial charge >= 0.3 is 0 Å². The van der Waals surface area contributed by atoms with E-state index in [2.05, 4.69) is 20.2 Å². The Kier molecular flexibility index (Phi) is 5.53. The lowest BCUT2D eigenvalue weighted by Crippen LogP contribution is -2.35. The number of hydrogen-bond acceptors (Lipinski definition) is 7. The summed E-state index contributed by atoms with van der Waals surface area (Å²) in [7, 11) is 0. The fourth-order valence-corrected chi connectivity index (χ4v) is 4.21. The first-order valence-electron chi connectivity index (χ1n) is 8.45. The Morgan fingerprint density at radius 2 is 1.93 bits per heavy atom. The van der Waals surface area contributed by atoms with Gasteiger partial charge in [0.15, 0.2) is 5.13 Å². The number of amides is 1. The summed E-state index contributed by atoms with van der Waals surface area (Å²) in [4.78, 5) is 23.5. The molecule has 1 fully saturated rings. The second-order valence-electron chi connectivity index (χ2n) is 6.01. The van der Waals surface area contributed by atoms with Crippen molar-refractivity contribution < 1.29 is 13.9 Å². The van der Waals surface area contributed by atoms with Gasteiger partial charge in [-0.05, 0) is 24.3 Å². The van der Waals surface area contributed by atoms with Crippen molar-refractivity contribution in [2.45, 2.75) is 6.54 Å². The van der Waals surface area contributed by atoms with Gasteiger partial charge in [-0.2, -0.15) is 0 Å². The van der Waals surface area contributed by atoms with E-state index >= 15 is 0 Å². The maximum Gasteiger partial charge on any atom is 0.276 e. The van der Waals surface area contributed by atoms with E-state index in [9.17, 15) is 9.18 Å². The molecule has 0 aliphatic carbocycles. The first-order valence-corrected chi connectivity index (χ1v) is 10.2. The van der Waals surface area contributed by atoms with Gasteiger partial charge < -0.3 is 4.74 Å². The van der Waals surface area contributed by atoms with Crippen LogP contribution in [0, 0.1) is 5.82 Å². The summed E-state index contributed by atoms with van der Waals surface area (Å²) >= 11 is 2.80. The van der Waals surface area contributed by atoms with Crippen LogP contribution in [0.2, 0.25) is 0 Å². The normalized spacial score (nSPS) is 15.0. The number of halogens is 1. The van der Waals surface area contributed by atoms with E-state index < -0.39 is 0 Å². The molecule has 3 heterocycles. The van der Waals surface area contributed by atoms with E-state index in [-0.39, 0.29) is 11.7 Å². The van der Waals surface area contributed by atoms with E-state index in [4.69, 9.17) is 4.74 Å². The fourth-order valence-electron chi connectivity index (χ4n) is 2.68. The summed E-state index contributed by atoms with van der Waals surface area (Å²) in [6, 6.07) is 6.10. The number of rotatable bonds is 5. The van der Waals surface area contributed by atoms with E-state index in [1.54, 1.807) is 17.5 Å². The maximum absolute atomic E-state index is 13.0. The monoisotopic (exact) mass is 404 g/mol. The molecule has 27 heavy (non-hydrogen) atoms. The number of thiazole rings is 2. The number of carbonyl (C=O) groups excluding carboxylic acids is 1. The van der Waals surface area contributed by atoms with Gasteiger partial charge in [0, 0.05) is 29.4 Å². The molecule has 0 spiro atoms. The minimum absolute atomic E-state index is 0.278. The van der Waals surface area contributed by atoms with Gasteiger partial charge in [-0.25, -0.2) is 14.4 Å². The third-order valence-corrected chi connectivity index (χ3v) is 5.70. The van der Waals surface area contributed by atoms with E-state index in [1.165, 1.54) is 34.8 Å². The number of carbonyl (C=O) groups is 1. The standard InChI is InChI=1S/C18H17FN4O2S2/c19-13-3-1-12(2-4-13)14-10-27-18(21-14)22-17(24)15-11-26-16(20-15)9-23-5-7-25-8-6-23/h1-4,10-11H,5-9H2,(H,21,22,24). The summed E-state index contributed by atoms with van der Waals surface area (Å²) in [5.74, 6) is -0.571. The number of benzene rings is 1. The molecule has 1 aliphatic rings. The zero-order chi connectivity index (χ0) is 18.6. The molecule has 140 valence electrons. The van der Waals surface area contributed by atoms with Crippen molar-refractivity contribution in [3.8, 4) is 11.3 Å². The highest BCUT2D eigenvalue weighted by Gasteiger charge is 2.16. The van der Waals surface area contributed by atoms with Crippen LogP contribution in [0.5, 0.6) is 0 Å². The number of aromatic nitrogens is 2. The largest absolute Gasteiger partial charge is 0.379 e. The highest BCUT2D eigenvalue weighted by molar-refractivity contribution is 7.14. The SMILES string of the molecule is O=C(Nc1nc(-c2ccc(F)cc2)cs1)c1csc(CN2CCOCC2)n1. The molecule has 0 bridgehead atoms. The van der Waals surface area contributed by atoms with Crippen LogP contribution in [0.25, 0.3) is 11.3 Å². The smallest absolute Gasteiger partial charge is 0.276 e. The van der Waals surface area contributed by atoms with Crippen molar-refractivity contribution in [3.05, 3.63) is 51.5 Å². The lowest BCUT2D eigenvalue weighted by atomic mass is 10.2. The number of nitrogens with zero attached hydrogens (tertiary/aromatic N) is 3. The van der Waals surface area contributed by atoms with Gasteiger partial charge in [-0.15, -0.1) is 22.7 Å². The summed E-state index contributed by atoms with van der Waals surface area (Å²) in [5, 5.41) is 7.77. The fraction of sp³-hybridized carbons (Fsp3) is 0.278. The molecule has 9 heteroatoms. The molecule has 6 nitrogen and oxygen atoms in total. The van der Waals surface area contributed by atoms with Crippen molar-refractivity contribution in [2.75, 3.05) is 31.6 Å². The average molecular weight is 404 g/mol. The van der Waals surface area contributed by atoms with Crippen molar-refractivity contribution in [1.29, 1.82) is 0 Å². The van der Waals surface area contributed by atoms with Gasteiger partial charge in [0.05, 0.1) is 25.5 Å². The van der Waals surface area contributed by atoms with Crippen LogP contribution in [-0.4, -0.2) is 47.1 Å². The summed E-state index contributed by atoms with van der Waals surface area (Å²) < 4.78 is 18.4. The van der Waals surface area contributed by atoms with Gasteiger partial charge in [0.2, 0.25) is 0 Å². The molecule has 0 saturated carbocycles. The second kappa shape index (κ2) is 8.22. The molecule has 1 aliphatic heterocycles. The van der Waals surface area contributed by atoms with Crippen LogP contribution in [0.1, 0.15) is 15.5 Å². The van der Waals surface area contributed by atoms with Crippen LogP contribution in [0.3, 0.4) is 0 Å². The number of morpholine rings is 1. The molecular formula is C18H17FN4O2S2. The summed E-state index contributed by atoms with van der Waals surface area (Å²) in [6.45, 7) is 3.96. The van der Waals surface area contributed by atoms with Gasteiger partial charge in [0.25, 0.3) is 5.91 Å². The molecule has 2 aromatic heterocycles. The average Bonchev–Trinajstić information content (AvgIpc) is 3.33. The molecule has 1 saturated heterocycles. The molecule has 0 unspecified atom stereocenters. The Labute approximate surface area is 163 Å². The van der Waals surface area contributed by atoms with E-state index in [1.807, 2.05) is 5.38 Å². The van der Waals surface area contributed by atoms with E-state index in [0.717, 1.165) is 43.4 Å². The number of hydrogen-bond donors (Lipinski definition) is 1. The zero-order valence-corrected chi connectivity index (χ0v) is 16.0. The maximum atomic E-state index is 13.0. The van der Waals surface area contributed by atoms with Crippen LogP contribution in [0.4, 0.5) is 9.52 Å². The summed E-state index contributed by atoms with van der Waals surface area (Å²) in [5.41, 5.74) is 1.89. The molecular weight excluding hydrogens is 387 g/mol. The molecule has 0 radical (unpaired) electrons. The Bertz CT molecular complexity index is 920. The van der Waals surface area contributed by atoms with Crippen molar-refractivity contribution in [3.63, 3.8) is 0 Å². The zero-order valence-electron chi connectivity index (χ0n) is 14.4. The van der Waals surface area contributed by atoms with Gasteiger partial charge in [-0.1, -0.05) is 0 Å². The third kappa shape index (κ3) is 4.56. The second-order valence-corrected chi connectivity index (χ2v) is 7.81. The minimum Gasteiger partial charge on any atom is -0.379 e. The van der Waals surface area contributed by atoms with E-state index in [0.29, 0.717) is 16.5 Å². The van der Waals surface area contributed by atoms with Crippen LogP contribution in [0.15, 0.2) is 35.0 Å². The first-order chi connectivity index (χ1) is 13.2. The van der Waals surface area contributed by atoms with Crippen molar-refractivity contribution >= 4 is 33.7 Å². The Morgan fingerprint density at radius 3 is 2.70 bits per heavy atom. The first kappa shape index (κ1) is 18.2. The topological polar surface area (TPSA) is 67.4 Å². The highest BCUT2D eigenvalue weighted by atomic mass is 32.1. The Hall–Kier alpha value is -2.20.